The van der Waals surface area contributed by atoms with Crippen LogP contribution in [0.25, 0.3) is 112 Å². The van der Waals surface area contributed by atoms with Crippen LogP contribution in [0.15, 0.2) is 229 Å². The standard InChI is InChI=1S/C57H37N3O/c1-5-15-38(16-6-1)41-25-29-44(30-26-41)55-58-56(45-31-27-42(28-32-45)39-17-7-2-8-18-39)60-57(59-55)51-36-47(40-19-9-3-10-20-40)35-50(54(51)43-21-11-4-12-22-43)46-33-34-49-48-23-13-14-24-52(48)61-53(49)37-46/h1-37H. The van der Waals surface area contributed by atoms with Gasteiger partial charge in [0.2, 0.25) is 0 Å². The predicted molar refractivity (Wildman–Crippen MR) is 251 cm³/mol. The lowest BCUT2D eigenvalue weighted by atomic mass is 9.86. The summed E-state index contributed by atoms with van der Waals surface area (Å²) in [6.45, 7) is 0. The van der Waals surface area contributed by atoms with Crippen molar-refractivity contribution >= 4 is 21.9 Å². The number of furan rings is 1. The first-order valence-electron chi connectivity index (χ1n) is 20.5. The van der Waals surface area contributed by atoms with Crippen molar-refractivity contribution in [3.63, 3.8) is 0 Å². The number of hydrogen-bond donors (Lipinski definition) is 0. The lowest BCUT2D eigenvalue weighted by Gasteiger charge is -2.19. The molecule has 2 heterocycles. The van der Waals surface area contributed by atoms with Crippen molar-refractivity contribution in [1.82, 2.24) is 15.0 Å². The van der Waals surface area contributed by atoms with Gasteiger partial charge in [-0.2, -0.15) is 0 Å². The molecule has 286 valence electrons. The van der Waals surface area contributed by atoms with Gasteiger partial charge in [-0.1, -0.05) is 194 Å². The molecule has 2 aromatic heterocycles. The summed E-state index contributed by atoms with van der Waals surface area (Å²) >= 11 is 0. The summed E-state index contributed by atoms with van der Waals surface area (Å²) in [5, 5.41) is 2.19. The zero-order valence-electron chi connectivity index (χ0n) is 33.1. The molecule has 0 radical (unpaired) electrons. The Hall–Kier alpha value is -8.21. The third kappa shape index (κ3) is 6.96. The Bertz CT molecular complexity index is 3210. The van der Waals surface area contributed by atoms with Crippen LogP contribution in [0.4, 0.5) is 0 Å². The molecule has 11 rings (SSSR count). The molecule has 0 amide bonds. The van der Waals surface area contributed by atoms with Gasteiger partial charge in [-0.05, 0) is 80.4 Å². The smallest absolute Gasteiger partial charge is 0.164 e. The molecule has 0 saturated heterocycles. The third-order valence-corrected chi connectivity index (χ3v) is 11.4. The molecule has 0 saturated carbocycles. The summed E-state index contributed by atoms with van der Waals surface area (Å²) in [5.74, 6) is 1.78. The van der Waals surface area contributed by atoms with Gasteiger partial charge >= 0.3 is 0 Å². The minimum absolute atomic E-state index is 0.585. The fourth-order valence-electron chi connectivity index (χ4n) is 8.29. The molecular weight excluding hydrogens is 743 g/mol. The normalized spacial score (nSPS) is 11.3. The summed E-state index contributed by atoms with van der Waals surface area (Å²) in [7, 11) is 0. The van der Waals surface area contributed by atoms with Gasteiger partial charge in [-0.15, -0.1) is 0 Å². The Morgan fingerprint density at radius 1 is 0.246 bits per heavy atom. The lowest BCUT2D eigenvalue weighted by molar-refractivity contribution is 0.669. The zero-order valence-corrected chi connectivity index (χ0v) is 33.1. The van der Waals surface area contributed by atoms with Crippen LogP contribution in [-0.2, 0) is 0 Å². The maximum absolute atomic E-state index is 6.46. The summed E-state index contributed by atoms with van der Waals surface area (Å²) < 4.78 is 6.46. The van der Waals surface area contributed by atoms with Crippen LogP contribution in [0.3, 0.4) is 0 Å². The van der Waals surface area contributed by atoms with Gasteiger partial charge in [-0.3, -0.25) is 0 Å². The molecule has 61 heavy (non-hydrogen) atoms. The summed E-state index contributed by atoms with van der Waals surface area (Å²) in [6.07, 6.45) is 0. The van der Waals surface area contributed by atoms with Gasteiger partial charge < -0.3 is 4.42 Å². The number of benzene rings is 9. The second-order valence-corrected chi connectivity index (χ2v) is 15.2. The second-order valence-electron chi connectivity index (χ2n) is 15.2. The van der Waals surface area contributed by atoms with Crippen LogP contribution in [0.2, 0.25) is 0 Å². The molecule has 0 aliphatic carbocycles. The fourth-order valence-corrected chi connectivity index (χ4v) is 8.29. The number of rotatable bonds is 8. The first-order valence-corrected chi connectivity index (χ1v) is 20.5. The quantitative estimate of drug-likeness (QED) is 0.154. The summed E-state index contributed by atoms with van der Waals surface area (Å²) in [6, 6.07) is 78.2. The largest absolute Gasteiger partial charge is 0.456 e. The van der Waals surface area contributed by atoms with Crippen molar-refractivity contribution in [3.8, 4) is 89.8 Å². The molecule has 0 aliphatic heterocycles. The van der Waals surface area contributed by atoms with E-state index in [2.05, 4.69) is 200 Å². The van der Waals surface area contributed by atoms with E-state index >= 15 is 0 Å². The monoisotopic (exact) mass is 779 g/mol. The Labute approximate surface area is 354 Å². The average molecular weight is 780 g/mol. The van der Waals surface area contributed by atoms with Gasteiger partial charge in [0.1, 0.15) is 11.2 Å². The van der Waals surface area contributed by atoms with Crippen molar-refractivity contribution in [1.29, 1.82) is 0 Å². The molecule has 0 atom stereocenters. The van der Waals surface area contributed by atoms with E-state index in [1.165, 1.54) is 0 Å². The van der Waals surface area contributed by atoms with E-state index < -0.39 is 0 Å². The van der Waals surface area contributed by atoms with Gasteiger partial charge in [0.05, 0.1) is 0 Å². The molecule has 0 spiro atoms. The topological polar surface area (TPSA) is 51.8 Å². The van der Waals surface area contributed by atoms with Crippen LogP contribution in [-0.4, -0.2) is 15.0 Å². The van der Waals surface area contributed by atoms with Crippen LogP contribution >= 0.6 is 0 Å². The molecule has 0 aliphatic rings. The molecular formula is C57H37N3O. The van der Waals surface area contributed by atoms with Crippen molar-refractivity contribution in [3.05, 3.63) is 224 Å². The van der Waals surface area contributed by atoms with Gasteiger partial charge in [0.25, 0.3) is 0 Å². The van der Waals surface area contributed by atoms with Crippen LogP contribution in [0.1, 0.15) is 0 Å². The maximum atomic E-state index is 6.46. The molecule has 4 nitrogen and oxygen atoms in total. The Kier molecular flexibility index (Phi) is 9.14. The van der Waals surface area contributed by atoms with Crippen molar-refractivity contribution < 1.29 is 4.42 Å². The second kappa shape index (κ2) is 15.5. The molecule has 4 heteroatoms. The average Bonchev–Trinajstić information content (AvgIpc) is 3.73. The maximum Gasteiger partial charge on any atom is 0.164 e. The van der Waals surface area contributed by atoms with E-state index in [1.807, 2.05) is 24.3 Å². The van der Waals surface area contributed by atoms with E-state index in [9.17, 15) is 0 Å². The Morgan fingerprint density at radius 2 is 0.639 bits per heavy atom. The first-order chi connectivity index (χ1) is 30.2. The van der Waals surface area contributed by atoms with E-state index in [1.54, 1.807) is 0 Å². The van der Waals surface area contributed by atoms with Crippen LogP contribution < -0.4 is 0 Å². The summed E-state index contributed by atoms with van der Waals surface area (Å²) in [5.41, 5.74) is 15.3. The first kappa shape index (κ1) is 35.9. The molecule has 0 bridgehead atoms. The van der Waals surface area contributed by atoms with E-state index in [0.29, 0.717) is 17.5 Å². The number of nitrogens with zero attached hydrogens (tertiary/aromatic N) is 3. The van der Waals surface area contributed by atoms with E-state index in [4.69, 9.17) is 19.4 Å². The van der Waals surface area contributed by atoms with Crippen molar-refractivity contribution in [2.45, 2.75) is 0 Å². The zero-order chi connectivity index (χ0) is 40.5. The fraction of sp³-hybridized carbons (Fsp3) is 0. The minimum atomic E-state index is 0.585. The molecule has 11 aromatic rings. The number of aromatic nitrogens is 3. The third-order valence-electron chi connectivity index (χ3n) is 11.4. The minimum Gasteiger partial charge on any atom is -0.456 e. The van der Waals surface area contributed by atoms with Crippen LogP contribution in [0.5, 0.6) is 0 Å². The Morgan fingerprint density at radius 3 is 1.20 bits per heavy atom. The SMILES string of the molecule is c1ccc(-c2ccc(-c3nc(-c4ccc(-c5ccccc5)cc4)nc(-c4cc(-c5ccccc5)cc(-c5ccc6c(c5)oc5ccccc56)c4-c4ccccc4)n3)cc2)cc1. The van der Waals surface area contributed by atoms with Gasteiger partial charge in [-0.25, -0.2) is 15.0 Å². The highest BCUT2D eigenvalue weighted by molar-refractivity contribution is 6.07. The molecule has 9 aromatic carbocycles. The van der Waals surface area contributed by atoms with E-state index in [0.717, 1.165) is 94.3 Å². The van der Waals surface area contributed by atoms with Crippen molar-refractivity contribution in [2.24, 2.45) is 0 Å². The van der Waals surface area contributed by atoms with Crippen LogP contribution in [0, 0.1) is 0 Å². The highest BCUT2D eigenvalue weighted by Gasteiger charge is 2.22. The molecule has 0 fully saturated rings. The molecule has 0 N–H and O–H groups in total. The highest BCUT2D eigenvalue weighted by Crippen LogP contribution is 2.44. The number of hydrogen-bond acceptors (Lipinski definition) is 4. The van der Waals surface area contributed by atoms with E-state index in [-0.39, 0.29) is 0 Å². The van der Waals surface area contributed by atoms with Crippen molar-refractivity contribution in [2.75, 3.05) is 0 Å². The summed E-state index contributed by atoms with van der Waals surface area (Å²) in [4.78, 5) is 15.9. The number of para-hydroxylation sites is 1. The van der Waals surface area contributed by atoms with Gasteiger partial charge in [0.15, 0.2) is 17.5 Å². The lowest BCUT2D eigenvalue weighted by Crippen LogP contribution is -2.02. The Balaban J connectivity index is 1.16. The van der Waals surface area contributed by atoms with Gasteiger partial charge in [0, 0.05) is 33.0 Å². The highest BCUT2D eigenvalue weighted by atomic mass is 16.3. The molecule has 0 unspecified atom stereocenters. The number of fused-ring (bicyclic) bond motifs is 3. The predicted octanol–water partition coefficient (Wildman–Crippen LogP) is 15.1.